The van der Waals surface area contributed by atoms with Gasteiger partial charge in [-0.25, -0.2) is 0 Å². The average Bonchev–Trinajstić information content (AvgIpc) is 2.63. The number of aliphatic hydroxyl groups is 2. The van der Waals surface area contributed by atoms with Crippen LogP contribution in [0.2, 0.25) is 0 Å². The number of aliphatic hydroxyl groups excluding tert-OH is 2. The molecular weight excluding hydrogens is 470 g/mol. The van der Waals surface area contributed by atoms with Gasteiger partial charge in [-0.3, -0.25) is 9.45 Å². The quantitative estimate of drug-likeness (QED) is 0.172. The van der Waals surface area contributed by atoms with Crippen LogP contribution in [0.5, 0.6) is 0 Å². The normalized spacial score (nSPS) is 16.9. The fourth-order valence-electron chi connectivity index (χ4n) is 4.51. The summed E-state index contributed by atoms with van der Waals surface area (Å²) in [6.45, 7) is 19.3. The Morgan fingerprint density at radius 1 is 0.771 bits per heavy atom. The SMILES string of the molecule is CC(CCOCC(O)CN(CCS(=O)(=O)O)CC(O)COCCC(C)CC(C)(C)C)CC(C)(C)C. The third-order valence-corrected chi connectivity index (χ3v) is 6.35. The Labute approximate surface area is 215 Å². The molecule has 3 N–H and O–H groups in total. The lowest BCUT2D eigenvalue weighted by molar-refractivity contribution is -0.0121. The Balaban J connectivity index is 4.46. The maximum absolute atomic E-state index is 11.2. The minimum atomic E-state index is -4.15. The average molecular weight is 526 g/mol. The number of rotatable bonds is 19. The molecule has 0 aromatic heterocycles. The lowest BCUT2D eigenvalue weighted by atomic mass is 9.84. The van der Waals surface area contributed by atoms with Gasteiger partial charge in [0.05, 0.1) is 31.2 Å². The molecule has 212 valence electrons. The third-order valence-electron chi connectivity index (χ3n) is 5.66. The molecule has 0 heterocycles. The zero-order valence-electron chi connectivity index (χ0n) is 23.6. The van der Waals surface area contributed by atoms with Gasteiger partial charge < -0.3 is 19.7 Å². The monoisotopic (exact) mass is 525 g/mol. The van der Waals surface area contributed by atoms with Gasteiger partial charge in [0.15, 0.2) is 0 Å². The number of hydrogen-bond acceptors (Lipinski definition) is 7. The maximum atomic E-state index is 11.2. The zero-order chi connectivity index (χ0) is 27.3. The van der Waals surface area contributed by atoms with Crippen molar-refractivity contribution in [2.45, 2.75) is 93.3 Å². The standard InChI is InChI=1S/C26H55NO7S/c1-21(15-25(3,4)5)9-12-33-19-23(28)17-27(11-14-35(30,31)32)18-24(29)20-34-13-10-22(2)16-26(6,7)8/h21-24,28-29H,9-20H2,1-8H3,(H,30,31,32). The molecule has 0 aliphatic heterocycles. The summed E-state index contributed by atoms with van der Waals surface area (Å²) in [5.41, 5.74) is 0.531. The molecule has 0 saturated carbocycles. The largest absolute Gasteiger partial charge is 0.389 e. The van der Waals surface area contributed by atoms with E-state index in [2.05, 4.69) is 55.4 Å². The van der Waals surface area contributed by atoms with Gasteiger partial charge in [-0.2, -0.15) is 8.42 Å². The molecule has 0 radical (unpaired) electrons. The molecule has 0 saturated heterocycles. The first-order valence-corrected chi connectivity index (χ1v) is 14.7. The van der Waals surface area contributed by atoms with Gasteiger partial charge in [-0.1, -0.05) is 55.4 Å². The Morgan fingerprint density at radius 3 is 1.46 bits per heavy atom. The summed E-state index contributed by atoms with van der Waals surface area (Å²) in [6, 6.07) is 0. The molecule has 0 aliphatic rings. The van der Waals surface area contributed by atoms with E-state index in [-0.39, 0.29) is 43.7 Å². The smallest absolute Gasteiger partial charge is 0.266 e. The molecule has 0 aromatic rings. The fourth-order valence-corrected chi connectivity index (χ4v) is 4.99. The Bertz CT molecular complexity index is 605. The van der Waals surface area contributed by atoms with E-state index in [4.69, 9.17) is 14.0 Å². The molecule has 0 fully saturated rings. The Kier molecular flexibility index (Phi) is 16.4. The summed E-state index contributed by atoms with van der Waals surface area (Å²) in [6.07, 6.45) is 2.33. The highest BCUT2D eigenvalue weighted by molar-refractivity contribution is 7.85. The van der Waals surface area contributed by atoms with Crippen LogP contribution in [0.15, 0.2) is 0 Å². The summed E-state index contributed by atoms with van der Waals surface area (Å²) >= 11 is 0. The Hall–Kier alpha value is -0.290. The molecule has 9 heteroatoms. The van der Waals surface area contributed by atoms with E-state index in [1.54, 1.807) is 4.90 Å². The van der Waals surface area contributed by atoms with Crippen LogP contribution in [0, 0.1) is 22.7 Å². The molecule has 0 aromatic carbocycles. The van der Waals surface area contributed by atoms with E-state index in [9.17, 15) is 18.6 Å². The first kappa shape index (κ1) is 34.7. The molecule has 0 spiro atoms. The van der Waals surface area contributed by atoms with Gasteiger partial charge in [0.25, 0.3) is 10.1 Å². The van der Waals surface area contributed by atoms with Crippen LogP contribution in [0.3, 0.4) is 0 Å². The highest BCUT2D eigenvalue weighted by Gasteiger charge is 2.20. The molecule has 35 heavy (non-hydrogen) atoms. The van der Waals surface area contributed by atoms with E-state index in [0.29, 0.717) is 25.0 Å². The lowest BCUT2D eigenvalue weighted by Crippen LogP contribution is -2.43. The highest BCUT2D eigenvalue weighted by Crippen LogP contribution is 2.26. The van der Waals surface area contributed by atoms with Crippen molar-refractivity contribution in [1.29, 1.82) is 0 Å². The second-order valence-corrected chi connectivity index (χ2v) is 14.4. The second kappa shape index (κ2) is 16.5. The van der Waals surface area contributed by atoms with Gasteiger partial charge in [0, 0.05) is 32.8 Å². The van der Waals surface area contributed by atoms with Crippen LogP contribution in [0.25, 0.3) is 0 Å². The van der Waals surface area contributed by atoms with E-state index in [1.165, 1.54) is 0 Å². The number of ether oxygens (including phenoxy) is 2. The molecule has 0 bridgehead atoms. The fraction of sp³-hybridized carbons (Fsp3) is 1.00. The van der Waals surface area contributed by atoms with E-state index in [0.717, 1.165) is 25.7 Å². The summed E-state index contributed by atoms with van der Waals surface area (Å²) in [7, 11) is -4.15. The van der Waals surface area contributed by atoms with Gasteiger partial charge in [-0.05, 0) is 48.3 Å². The van der Waals surface area contributed by atoms with Crippen molar-refractivity contribution in [3.8, 4) is 0 Å². The number of hydrogen-bond donors (Lipinski definition) is 3. The third kappa shape index (κ3) is 23.8. The van der Waals surface area contributed by atoms with Crippen molar-refractivity contribution in [3.63, 3.8) is 0 Å². The molecule has 0 amide bonds. The first-order chi connectivity index (χ1) is 15.9. The summed E-state index contributed by atoms with van der Waals surface area (Å²) < 4.78 is 42.8. The van der Waals surface area contributed by atoms with Crippen LogP contribution in [-0.2, 0) is 19.6 Å². The minimum Gasteiger partial charge on any atom is -0.389 e. The van der Waals surface area contributed by atoms with Gasteiger partial charge in [-0.15, -0.1) is 0 Å². The predicted molar refractivity (Wildman–Crippen MR) is 142 cm³/mol. The van der Waals surface area contributed by atoms with Crippen molar-refractivity contribution >= 4 is 10.1 Å². The van der Waals surface area contributed by atoms with E-state index < -0.39 is 28.1 Å². The van der Waals surface area contributed by atoms with Crippen LogP contribution >= 0.6 is 0 Å². The second-order valence-electron chi connectivity index (χ2n) is 12.8. The molecule has 8 nitrogen and oxygen atoms in total. The zero-order valence-corrected chi connectivity index (χ0v) is 24.4. The first-order valence-electron chi connectivity index (χ1n) is 13.1. The molecule has 0 aliphatic carbocycles. The van der Waals surface area contributed by atoms with Crippen LogP contribution in [0.4, 0.5) is 0 Å². The van der Waals surface area contributed by atoms with Crippen molar-refractivity contribution < 1.29 is 32.7 Å². The topological polar surface area (TPSA) is 117 Å². The summed E-state index contributed by atoms with van der Waals surface area (Å²) in [5, 5.41) is 20.8. The Morgan fingerprint density at radius 2 is 1.14 bits per heavy atom. The number of nitrogens with zero attached hydrogens (tertiary/aromatic N) is 1. The maximum Gasteiger partial charge on any atom is 0.266 e. The van der Waals surface area contributed by atoms with Crippen LogP contribution in [-0.4, -0.2) is 92.1 Å². The molecule has 0 rings (SSSR count). The van der Waals surface area contributed by atoms with E-state index in [1.807, 2.05) is 0 Å². The minimum absolute atomic E-state index is 0.00180. The van der Waals surface area contributed by atoms with Crippen molar-refractivity contribution in [2.24, 2.45) is 22.7 Å². The van der Waals surface area contributed by atoms with Crippen molar-refractivity contribution in [3.05, 3.63) is 0 Å². The van der Waals surface area contributed by atoms with Crippen molar-refractivity contribution in [1.82, 2.24) is 4.90 Å². The van der Waals surface area contributed by atoms with Gasteiger partial charge >= 0.3 is 0 Å². The van der Waals surface area contributed by atoms with Gasteiger partial charge in [0.2, 0.25) is 0 Å². The molecule has 4 atom stereocenters. The molecule has 4 unspecified atom stereocenters. The molecular formula is C26H55NO7S. The summed E-state index contributed by atoms with van der Waals surface area (Å²) in [5.74, 6) is 0.568. The van der Waals surface area contributed by atoms with Crippen molar-refractivity contribution in [2.75, 3.05) is 51.8 Å². The highest BCUT2D eigenvalue weighted by atomic mass is 32.2. The summed E-state index contributed by atoms with van der Waals surface area (Å²) in [4.78, 5) is 1.63. The predicted octanol–water partition coefficient (Wildman–Crippen LogP) is 3.86. The van der Waals surface area contributed by atoms with Crippen LogP contribution in [0.1, 0.15) is 81.1 Å². The van der Waals surface area contributed by atoms with Gasteiger partial charge in [0.1, 0.15) is 0 Å². The lowest BCUT2D eigenvalue weighted by Gasteiger charge is -2.27. The van der Waals surface area contributed by atoms with Crippen LogP contribution < -0.4 is 0 Å². The van der Waals surface area contributed by atoms with E-state index >= 15 is 0 Å².